The molecule has 7 nitrogen and oxygen atoms in total. The lowest BCUT2D eigenvalue weighted by atomic mass is 10.0. The molecule has 1 aliphatic rings. The van der Waals surface area contributed by atoms with Crippen molar-refractivity contribution >= 4 is 17.2 Å². The molecule has 25 heavy (non-hydrogen) atoms. The SMILES string of the molecule is CCn1cnnc1-c1nn(C)c2c1CN(C(=O)c1sccc1C)CC2. The van der Waals surface area contributed by atoms with Crippen molar-refractivity contribution < 1.29 is 4.79 Å². The second-order valence-electron chi connectivity index (χ2n) is 6.25. The second-order valence-corrected chi connectivity index (χ2v) is 7.16. The van der Waals surface area contributed by atoms with Gasteiger partial charge in [-0.2, -0.15) is 5.10 Å². The van der Waals surface area contributed by atoms with Gasteiger partial charge < -0.3 is 9.47 Å². The molecule has 4 heterocycles. The van der Waals surface area contributed by atoms with Crippen LogP contribution in [0.5, 0.6) is 0 Å². The van der Waals surface area contributed by atoms with Crippen molar-refractivity contribution in [3.05, 3.63) is 39.5 Å². The summed E-state index contributed by atoms with van der Waals surface area (Å²) >= 11 is 1.51. The average molecular weight is 356 g/mol. The Morgan fingerprint density at radius 2 is 2.24 bits per heavy atom. The molecule has 0 atom stereocenters. The minimum Gasteiger partial charge on any atom is -0.333 e. The minimum absolute atomic E-state index is 0.102. The summed E-state index contributed by atoms with van der Waals surface area (Å²) in [6.45, 7) is 6.09. The molecule has 3 aromatic heterocycles. The highest BCUT2D eigenvalue weighted by atomic mass is 32.1. The Morgan fingerprint density at radius 3 is 2.96 bits per heavy atom. The molecule has 0 N–H and O–H groups in total. The van der Waals surface area contributed by atoms with Crippen molar-refractivity contribution in [1.82, 2.24) is 29.4 Å². The van der Waals surface area contributed by atoms with Crippen LogP contribution in [0.1, 0.15) is 33.4 Å². The number of carbonyl (C=O) groups is 1. The summed E-state index contributed by atoms with van der Waals surface area (Å²) in [6, 6.07) is 1.99. The van der Waals surface area contributed by atoms with Crippen LogP contribution in [-0.2, 0) is 26.6 Å². The summed E-state index contributed by atoms with van der Waals surface area (Å²) in [6.07, 6.45) is 2.52. The van der Waals surface area contributed by atoms with Crippen molar-refractivity contribution in [2.45, 2.75) is 33.4 Å². The number of fused-ring (bicyclic) bond motifs is 1. The van der Waals surface area contributed by atoms with Crippen molar-refractivity contribution in [3.63, 3.8) is 0 Å². The summed E-state index contributed by atoms with van der Waals surface area (Å²) in [5, 5.41) is 14.9. The van der Waals surface area contributed by atoms with E-state index in [1.807, 2.05) is 39.6 Å². The zero-order chi connectivity index (χ0) is 17.6. The number of rotatable bonds is 3. The lowest BCUT2D eigenvalue weighted by Crippen LogP contribution is -2.36. The van der Waals surface area contributed by atoms with E-state index in [1.165, 1.54) is 17.0 Å². The molecule has 130 valence electrons. The minimum atomic E-state index is 0.102. The van der Waals surface area contributed by atoms with E-state index in [-0.39, 0.29) is 5.91 Å². The molecule has 0 unspecified atom stereocenters. The zero-order valence-electron chi connectivity index (χ0n) is 14.6. The molecule has 0 spiro atoms. The maximum atomic E-state index is 12.9. The molecule has 0 aliphatic carbocycles. The molecular formula is C17H20N6OS. The van der Waals surface area contributed by atoms with Crippen LogP contribution in [0.3, 0.4) is 0 Å². The molecule has 0 aromatic carbocycles. The van der Waals surface area contributed by atoms with Crippen LogP contribution < -0.4 is 0 Å². The molecule has 3 aromatic rings. The molecule has 8 heteroatoms. The summed E-state index contributed by atoms with van der Waals surface area (Å²) in [5.41, 5.74) is 4.13. The van der Waals surface area contributed by atoms with E-state index in [4.69, 9.17) is 0 Å². The van der Waals surface area contributed by atoms with E-state index >= 15 is 0 Å². The van der Waals surface area contributed by atoms with Crippen molar-refractivity contribution in [1.29, 1.82) is 0 Å². The third-order valence-electron chi connectivity index (χ3n) is 4.75. The van der Waals surface area contributed by atoms with Crippen molar-refractivity contribution in [2.24, 2.45) is 7.05 Å². The van der Waals surface area contributed by atoms with E-state index in [0.717, 1.165) is 40.5 Å². The summed E-state index contributed by atoms with van der Waals surface area (Å²) in [7, 11) is 1.95. The van der Waals surface area contributed by atoms with Crippen LogP contribution in [0.15, 0.2) is 17.8 Å². The molecule has 1 amide bonds. The molecule has 0 bridgehead atoms. The second kappa shape index (κ2) is 6.11. The Balaban J connectivity index is 1.71. The van der Waals surface area contributed by atoms with Gasteiger partial charge in [0, 0.05) is 37.8 Å². The fourth-order valence-corrected chi connectivity index (χ4v) is 4.24. The van der Waals surface area contributed by atoms with Gasteiger partial charge in [0.15, 0.2) is 5.82 Å². The molecule has 0 saturated carbocycles. The number of amides is 1. The number of thiophene rings is 1. The van der Waals surface area contributed by atoms with Gasteiger partial charge in [0.1, 0.15) is 12.0 Å². The lowest BCUT2D eigenvalue weighted by molar-refractivity contribution is 0.0738. The average Bonchev–Trinajstić information content (AvgIpc) is 3.32. The van der Waals surface area contributed by atoms with E-state index in [9.17, 15) is 4.79 Å². The Hall–Kier alpha value is -2.48. The number of aromatic nitrogens is 5. The van der Waals surface area contributed by atoms with Gasteiger partial charge in [-0.15, -0.1) is 21.5 Å². The largest absolute Gasteiger partial charge is 0.333 e. The van der Waals surface area contributed by atoms with Crippen LogP contribution in [0, 0.1) is 6.92 Å². The zero-order valence-corrected chi connectivity index (χ0v) is 15.4. The Kier molecular flexibility index (Phi) is 3.91. The van der Waals surface area contributed by atoms with Crippen molar-refractivity contribution in [2.75, 3.05) is 6.54 Å². The fraction of sp³-hybridized carbons (Fsp3) is 0.412. The van der Waals surface area contributed by atoms with Gasteiger partial charge in [0.2, 0.25) is 0 Å². The van der Waals surface area contributed by atoms with E-state index in [1.54, 1.807) is 6.33 Å². The van der Waals surface area contributed by atoms with E-state index in [0.29, 0.717) is 13.1 Å². The predicted molar refractivity (Wildman–Crippen MR) is 95.4 cm³/mol. The predicted octanol–water partition coefficient (Wildman–Crippen LogP) is 2.27. The maximum Gasteiger partial charge on any atom is 0.264 e. The number of hydrogen-bond donors (Lipinski definition) is 0. The number of aryl methyl sites for hydroxylation is 3. The Bertz CT molecular complexity index is 937. The monoisotopic (exact) mass is 356 g/mol. The molecular weight excluding hydrogens is 336 g/mol. The summed E-state index contributed by atoms with van der Waals surface area (Å²) in [4.78, 5) is 15.6. The van der Waals surface area contributed by atoms with Crippen LogP contribution in [0.25, 0.3) is 11.5 Å². The number of hydrogen-bond acceptors (Lipinski definition) is 5. The van der Waals surface area contributed by atoms with Crippen LogP contribution >= 0.6 is 11.3 Å². The molecule has 0 saturated heterocycles. The first-order valence-electron chi connectivity index (χ1n) is 8.36. The highest BCUT2D eigenvalue weighted by molar-refractivity contribution is 7.12. The summed E-state index contributed by atoms with van der Waals surface area (Å²) in [5.74, 6) is 0.867. The molecule has 0 radical (unpaired) electrons. The highest BCUT2D eigenvalue weighted by Crippen LogP contribution is 2.30. The third kappa shape index (κ3) is 2.57. The topological polar surface area (TPSA) is 68.8 Å². The third-order valence-corrected chi connectivity index (χ3v) is 5.76. The van der Waals surface area contributed by atoms with Gasteiger partial charge in [-0.05, 0) is 30.9 Å². The van der Waals surface area contributed by atoms with E-state index in [2.05, 4.69) is 22.2 Å². The van der Waals surface area contributed by atoms with Gasteiger partial charge in [-0.3, -0.25) is 9.48 Å². The first kappa shape index (κ1) is 16.0. The Labute approximate surface area is 149 Å². The van der Waals surface area contributed by atoms with Crippen molar-refractivity contribution in [3.8, 4) is 11.5 Å². The maximum absolute atomic E-state index is 12.9. The van der Waals surface area contributed by atoms with Crippen LogP contribution in [-0.4, -0.2) is 41.9 Å². The normalized spacial score (nSPS) is 14.0. The number of carbonyl (C=O) groups excluding carboxylic acids is 1. The van der Waals surface area contributed by atoms with Gasteiger partial charge in [-0.25, -0.2) is 0 Å². The number of nitrogens with zero attached hydrogens (tertiary/aromatic N) is 6. The fourth-order valence-electron chi connectivity index (χ4n) is 3.35. The molecule has 4 rings (SSSR count). The van der Waals surface area contributed by atoms with Crippen LogP contribution in [0.4, 0.5) is 0 Å². The first-order chi connectivity index (χ1) is 12.1. The quantitative estimate of drug-likeness (QED) is 0.722. The summed E-state index contributed by atoms with van der Waals surface area (Å²) < 4.78 is 3.89. The highest BCUT2D eigenvalue weighted by Gasteiger charge is 2.30. The van der Waals surface area contributed by atoms with Gasteiger partial charge in [0.25, 0.3) is 5.91 Å². The van der Waals surface area contributed by atoms with Gasteiger partial charge in [0.05, 0.1) is 11.4 Å². The molecule has 0 fully saturated rings. The van der Waals surface area contributed by atoms with E-state index < -0.39 is 0 Å². The van der Waals surface area contributed by atoms with Gasteiger partial charge in [-0.1, -0.05) is 0 Å². The first-order valence-corrected chi connectivity index (χ1v) is 9.24. The van der Waals surface area contributed by atoms with Crippen LogP contribution in [0.2, 0.25) is 0 Å². The van der Waals surface area contributed by atoms with Gasteiger partial charge >= 0.3 is 0 Å². The lowest BCUT2D eigenvalue weighted by Gasteiger charge is -2.27. The standard InChI is InChI=1S/C17H20N6OS/c1-4-22-10-18-19-16(22)14-12-9-23(7-5-13(12)21(3)20-14)17(24)15-11(2)6-8-25-15/h6,8,10H,4-5,7,9H2,1-3H3. The molecule has 1 aliphatic heterocycles. The Morgan fingerprint density at radius 1 is 1.40 bits per heavy atom. The smallest absolute Gasteiger partial charge is 0.264 e.